The first-order valence-corrected chi connectivity index (χ1v) is 10.3. The fourth-order valence-corrected chi connectivity index (χ4v) is 4.29. The molecule has 0 aromatic heterocycles. The van der Waals surface area contributed by atoms with Crippen LogP contribution in [0.15, 0.2) is 36.4 Å². The molecule has 0 radical (unpaired) electrons. The molecule has 0 N–H and O–H groups in total. The van der Waals surface area contributed by atoms with Gasteiger partial charge in [0.25, 0.3) is 0 Å². The van der Waals surface area contributed by atoms with E-state index in [1.807, 2.05) is 12.1 Å². The van der Waals surface area contributed by atoms with Crippen LogP contribution in [-0.2, 0) is 11.2 Å². The van der Waals surface area contributed by atoms with Crippen molar-refractivity contribution in [1.29, 1.82) is 0 Å². The van der Waals surface area contributed by atoms with Gasteiger partial charge in [-0.1, -0.05) is 0 Å². The summed E-state index contributed by atoms with van der Waals surface area (Å²) in [5.74, 6) is -0.812. The van der Waals surface area contributed by atoms with Crippen LogP contribution in [0.25, 0.3) is 0 Å². The van der Waals surface area contributed by atoms with E-state index in [1.165, 1.54) is 36.4 Å². The number of rotatable bonds is 6. The number of hydrogen-bond donors (Lipinski definition) is 0. The molecule has 0 aliphatic carbocycles. The lowest BCUT2D eigenvalue weighted by Gasteiger charge is -2.30. The van der Waals surface area contributed by atoms with E-state index in [0.29, 0.717) is 31.2 Å². The van der Waals surface area contributed by atoms with Gasteiger partial charge in [-0.25, -0.2) is 8.78 Å². The van der Waals surface area contributed by atoms with Crippen molar-refractivity contribution in [2.24, 2.45) is 0 Å². The predicted octanol–water partition coefficient (Wildman–Crippen LogP) is 4.83. The van der Waals surface area contributed by atoms with E-state index in [4.69, 9.17) is 4.74 Å². The second-order valence-electron chi connectivity index (χ2n) is 7.88. The average molecular weight is 400 g/mol. The Hall–Kier alpha value is -2.47. The normalized spacial score (nSPS) is 19.5. The summed E-state index contributed by atoms with van der Waals surface area (Å²) in [6.07, 6.45) is 4.40. The van der Waals surface area contributed by atoms with Crippen molar-refractivity contribution in [3.05, 3.63) is 53.6 Å². The minimum absolute atomic E-state index is 0.170. The van der Waals surface area contributed by atoms with E-state index in [0.717, 1.165) is 30.3 Å². The SMILES string of the molecule is C[C@@H]1CCCN1CCCOc1ccc2c(c1)CCC(=O)N2c1cc(F)cc(F)c1. The van der Waals surface area contributed by atoms with Gasteiger partial charge in [-0.3, -0.25) is 9.69 Å². The number of aryl methyl sites for hydroxylation is 1. The minimum Gasteiger partial charge on any atom is -0.494 e. The molecule has 154 valence electrons. The Morgan fingerprint density at radius 1 is 1.10 bits per heavy atom. The van der Waals surface area contributed by atoms with Gasteiger partial charge in [0.15, 0.2) is 0 Å². The number of anilines is 2. The molecule has 1 atom stereocenters. The van der Waals surface area contributed by atoms with E-state index < -0.39 is 11.6 Å². The maximum Gasteiger partial charge on any atom is 0.231 e. The van der Waals surface area contributed by atoms with Crippen molar-refractivity contribution >= 4 is 17.3 Å². The maximum atomic E-state index is 13.7. The number of benzene rings is 2. The molecule has 2 heterocycles. The van der Waals surface area contributed by atoms with Gasteiger partial charge in [0.2, 0.25) is 5.91 Å². The van der Waals surface area contributed by atoms with E-state index in [9.17, 15) is 13.6 Å². The number of halogens is 2. The summed E-state index contributed by atoms with van der Waals surface area (Å²) >= 11 is 0. The van der Waals surface area contributed by atoms with Crippen LogP contribution >= 0.6 is 0 Å². The molecule has 0 bridgehead atoms. The predicted molar refractivity (Wildman–Crippen MR) is 109 cm³/mol. The number of carbonyl (C=O) groups is 1. The zero-order chi connectivity index (χ0) is 20.4. The average Bonchev–Trinajstić information content (AvgIpc) is 3.09. The molecule has 2 aliphatic rings. The Morgan fingerprint density at radius 2 is 1.90 bits per heavy atom. The number of hydrogen-bond acceptors (Lipinski definition) is 3. The Labute approximate surface area is 170 Å². The zero-order valence-corrected chi connectivity index (χ0v) is 16.7. The highest BCUT2D eigenvalue weighted by Gasteiger charge is 2.27. The third-order valence-corrected chi connectivity index (χ3v) is 5.80. The first-order valence-electron chi connectivity index (χ1n) is 10.3. The summed E-state index contributed by atoms with van der Waals surface area (Å²) in [6.45, 7) is 5.12. The molecule has 4 nitrogen and oxygen atoms in total. The van der Waals surface area contributed by atoms with Crippen molar-refractivity contribution in [3.63, 3.8) is 0 Å². The van der Waals surface area contributed by atoms with E-state index in [1.54, 1.807) is 6.07 Å². The monoisotopic (exact) mass is 400 g/mol. The number of carbonyl (C=O) groups excluding carboxylic acids is 1. The summed E-state index contributed by atoms with van der Waals surface area (Å²) in [5.41, 5.74) is 1.81. The van der Waals surface area contributed by atoms with Crippen molar-refractivity contribution in [2.75, 3.05) is 24.6 Å². The van der Waals surface area contributed by atoms with Crippen LogP contribution in [0.1, 0.15) is 38.2 Å². The Morgan fingerprint density at radius 3 is 2.62 bits per heavy atom. The van der Waals surface area contributed by atoms with Crippen molar-refractivity contribution in [2.45, 2.75) is 45.1 Å². The Kier molecular flexibility index (Phi) is 5.81. The molecule has 1 saturated heterocycles. The molecule has 0 unspecified atom stereocenters. The van der Waals surface area contributed by atoms with Gasteiger partial charge in [0.1, 0.15) is 17.4 Å². The quantitative estimate of drug-likeness (QED) is 0.651. The molecule has 29 heavy (non-hydrogen) atoms. The van der Waals surface area contributed by atoms with Crippen LogP contribution in [0.4, 0.5) is 20.2 Å². The van der Waals surface area contributed by atoms with Crippen LogP contribution in [0.2, 0.25) is 0 Å². The lowest BCUT2D eigenvalue weighted by molar-refractivity contribution is -0.118. The fraction of sp³-hybridized carbons (Fsp3) is 0.435. The highest BCUT2D eigenvalue weighted by molar-refractivity contribution is 6.03. The number of ether oxygens (including phenoxy) is 1. The van der Waals surface area contributed by atoms with Gasteiger partial charge in [0.05, 0.1) is 18.0 Å². The molecule has 0 spiro atoms. The summed E-state index contributed by atoms with van der Waals surface area (Å²) < 4.78 is 33.2. The van der Waals surface area contributed by atoms with Crippen molar-refractivity contribution < 1.29 is 18.3 Å². The molecule has 2 aromatic carbocycles. The fourth-order valence-electron chi connectivity index (χ4n) is 4.29. The van der Waals surface area contributed by atoms with Gasteiger partial charge < -0.3 is 9.64 Å². The minimum atomic E-state index is -0.702. The van der Waals surface area contributed by atoms with Gasteiger partial charge >= 0.3 is 0 Å². The molecule has 1 amide bonds. The largest absolute Gasteiger partial charge is 0.494 e. The Balaban J connectivity index is 1.44. The molecule has 1 fully saturated rings. The summed E-state index contributed by atoms with van der Waals surface area (Å²) in [4.78, 5) is 16.4. The Bertz CT molecular complexity index is 882. The topological polar surface area (TPSA) is 32.8 Å². The summed E-state index contributed by atoms with van der Waals surface area (Å²) in [6, 6.07) is 9.38. The zero-order valence-electron chi connectivity index (χ0n) is 16.7. The van der Waals surface area contributed by atoms with Gasteiger partial charge in [-0.05, 0) is 75.0 Å². The van der Waals surface area contributed by atoms with Crippen LogP contribution < -0.4 is 9.64 Å². The number of likely N-dealkylation sites (tertiary alicyclic amines) is 1. The van der Waals surface area contributed by atoms with Crippen LogP contribution in [0.5, 0.6) is 5.75 Å². The molecule has 2 aliphatic heterocycles. The highest BCUT2D eigenvalue weighted by Crippen LogP contribution is 2.36. The number of amides is 1. The standard InChI is InChI=1S/C23H26F2N2O2/c1-16-4-2-9-26(16)10-3-11-29-21-6-7-22-17(12-21)5-8-23(28)27(22)20-14-18(24)13-19(25)15-20/h6-7,12-16H,2-5,8-11H2,1H3/t16-/m1/s1. The third-order valence-electron chi connectivity index (χ3n) is 5.80. The molecule has 2 aromatic rings. The first kappa shape index (κ1) is 19.8. The third kappa shape index (κ3) is 4.42. The van der Waals surface area contributed by atoms with Crippen molar-refractivity contribution in [1.82, 2.24) is 4.90 Å². The molecule has 0 saturated carbocycles. The second kappa shape index (κ2) is 8.49. The summed E-state index contributed by atoms with van der Waals surface area (Å²) in [7, 11) is 0. The molecular formula is C23H26F2N2O2. The highest BCUT2D eigenvalue weighted by atomic mass is 19.1. The second-order valence-corrected chi connectivity index (χ2v) is 7.88. The van der Waals surface area contributed by atoms with E-state index in [2.05, 4.69) is 11.8 Å². The van der Waals surface area contributed by atoms with Gasteiger partial charge in [-0.2, -0.15) is 0 Å². The lowest BCUT2D eigenvalue weighted by Crippen LogP contribution is -2.31. The smallest absolute Gasteiger partial charge is 0.231 e. The summed E-state index contributed by atoms with van der Waals surface area (Å²) in [5, 5.41) is 0. The maximum absolute atomic E-state index is 13.7. The first-order chi connectivity index (χ1) is 14.0. The number of nitrogens with zero attached hydrogens (tertiary/aromatic N) is 2. The van der Waals surface area contributed by atoms with Crippen LogP contribution in [-0.4, -0.2) is 36.5 Å². The molecule has 6 heteroatoms. The van der Waals surface area contributed by atoms with Crippen molar-refractivity contribution in [3.8, 4) is 5.75 Å². The van der Waals surface area contributed by atoms with E-state index in [-0.39, 0.29) is 11.6 Å². The molecule has 4 rings (SSSR count). The van der Waals surface area contributed by atoms with Gasteiger partial charge in [0, 0.05) is 25.1 Å². The van der Waals surface area contributed by atoms with Crippen LogP contribution in [0, 0.1) is 11.6 Å². The van der Waals surface area contributed by atoms with Crippen LogP contribution in [0.3, 0.4) is 0 Å². The number of fused-ring (bicyclic) bond motifs is 1. The lowest BCUT2D eigenvalue weighted by atomic mass is 10.00. The molecular weight excluding hydrogens is 374 g/mol. The van der Waals surface area contributed by atoms with Gasteiger partial charge in [-0.15, -0.1) is 0 Å². The van der Waals surface area contributed by atoms with E-state index >= 15 is 0 Å².